The van der Waals surface area contributed by atoms with E-state index in [2.05, 4.69) is 9.97 Å². The number of fused-ring (bicyclic) bond motifs is 1. The van der Waals surface area contributed by atoms with Gasteiger partial charge in [-0.3, -0.25) is 0 Å². The Bertz CT molecular complexity index is 1870. The lowest BCUT2D eigenvalue weighted by Gasteiger charge is -2.34. The van der Waals surface area contributed by atoms with Gasteiger partial charge in [-0.25, -0.2) is 27.9 Å². The molecule has 226 valence electrons. The summed E-state index contributed by atoms with van der Waals surface area (Å²) in [5.41, 5.74) is 2.70. The summed E-state index contributed by atoms with van der Waals surface area (Å²) in [6.07, 6.45) is 1.87. The number of imidazole rings is 1. The third-order valence-electron chi connectivity index (χ3n) is 8.11. The number of pyridine rings is 1. The maximum absolute atomic E-state index is 15.5. The first kappa shape index (κ1) is 29.4. The molecule has 1 aliphatic rings. The summed E-state index contributed by atoms with van der Waals surface area (Å²) >= 11 is 0. The number of carboxylic acid groups (broad SMARTS) is 1. The van der Waals surface area contributed by atoms with Crippen molar-refractivity contribution in [1.29, 1.82) is 0 Å². The molecule has 10 heteroatoms. The molecule has 0 spiro atoms. The average molecular weight is 602 g/mol. The molecule has 6 rings (SSSR count). The minimum Gasteiger partial charge on any atom is -0.478 e. The standard InChI is InChI=1S/C34H30F3N3O4/c1-19-6-7-22(26(35)10-19)18-44-33-5-3-4-29(39-33)25-16-27(36)23(13-28(25)37)15-32-38-30-9-8-21(34(41)42)14-31(30)40(32)17-20-11-24(12-20)43-2/h3-10,13-14,16,20,24H,11-12,15,17-18H2,1-2H3,(H,41,42)/t20-,24+. The normalized spacial score (nSPS) is 16.2. The maximum Gasteiger partial charge on any atom is 0.335 e. The van der Waals surface area contributed by atoms with Gasteiger partial charge in [0.15, 0.2) is 0 Å². The Kier molecular flexibility index (Phi) is 8.09. The van der Waals surface area contributed by atoms with E-state index in [0.29, 0.717) is 29.0 Å². The average Bonchev–Trinajstić information content (AvgIpc) is 3.31. The zero-order valence-corrected chi connectivity index (χ0v) is 24.2. The largest absolute Gasteiger partial charge is 0.478 e. The number of rotatable bonds is 10. The number of aryl methyl sites for hydroxylation is 1. The van der Waals surface area contributed by atoms with Crippen LogP contribution in [0, 0.1) is 30.3 Å². The highest BCUT2D eigenvalue weighted by molar-refractivity contribution is 5.92. The molecule has 0 unspecified atom stereocenters. The number of halogens is 3. The minimum absolute atomic E-state index is 0.000756. The van der Waals surface area contributed by atoms with Gasteiger partial charge in [0.2, 0.25) is 5.88 Å². The minimum atomic E-state index is -1.06. The van der Waals surface area contributed by atoms with E-state index in [-0.39, 0.29) is 53.3 Å². The van der Waals surface area contributed by atoms with Crippen molar-refractivity contribution in [2.24, 2.45) is 5.92 Å². The number of carbonyl (C=O) groups is 1. The van der Waals surface area contributed by atoms with Gasteiger partial charge in [0, 0.05) is 37.3 Å². The van der Waals surface area contributed by atoms with Gasteiger partial charge in [0.1, 0.15) is 29.9 Å². The first-order chi connectivity index (χ1) is 21.2. The van der Waals surface area contributed by atoms with Gasteiger partial charge in [-0.1, -0.05) is 18.2 Å². The molecule has 44 heavy (non-hydrogen) atoms. The third-order valence-corrected chi connectivity index (χ3v) is 8.11. The fourth-order valence-electron chi connectivity index (χ4n) is 5.58. The molecular formula is C34H30F3N3O4. The lowest BCUT2D eigenvalue weighted by molar-refractivity contribution is -0.00424. The summed E-state index contributed by atoms with van der Waals surface area (Å²) in [6.45, 7) is 2.28. The summed E-state index contributed by atoms with van der Waals surface area (Å²) in [5, 5.41) is 9.52. The van der Waals surface area contributed by atoms with Gasteiger partial charge in [-0.05, 0) is 79.3 Å². The van der Waals surface area contributed by atoms with Crippen molar-refractivity contribution in [3.63, 3.8) is 0 Å². The molecule has 0 atom stereocenters. The summed E-state index contributed by atoms with van der Waals surface area (Å²) in [5.74, 6) is -1.82. The van der Waals surface area contributed by atoms with Gasteiger partial charge in [0.05, 0.1) is 28.4 Å². The molecule has 0 aliphatic heterocycles. The van der Waals surface area contributed by atoms with E-state index in [1.165, 1.54) is 12.1 Å². The quantitative estimate of drug-likeness (QED) is 0.184. The molecule has 5 aromatic rings. The predicted octanol–water partition coefficient (Wildman–Crippen LogP) is 7.12. The Balaban J connectivity index is 1.26. The van der Waals surface area contributed by atoms with Gasteiger partial charge < -0.3 is 19.1 Å². The third kappa shape index (κ3) is 6.03. The fourth-order valence-corrected chi connectivity index (χ4v) is 5.58. The second kappa shape index (κ2) is 12.1. The van der Waals surface area contributed by atoms with E-state index >= 15 is 8.78 Å². The monoisotopic (exact) mass is 601 g/mol. The van der Waals surface area contributed by atoms with Crippen LogP contribution < -0.4 is 4.74 Å². The van der Waals surface area contributed by atoms with E-state index in [1.807, 2.05) is 4.57 Å². The van der Waals surface area contributed by atoms with E-state index in [4.69, 9.17) is 9.47 Å². The van der Waals surface area contributed by atoms with Crippen LogP contribution in [-0.4, -0.2) is 38.8 Å². The molecule has 1 fully saturated rings. The number of benzene rings is 3. The van der Waals surface area contributed by atoms with Crippen LogP contribution in [0.15, 0.2) is 66.7 Å². The van der Waals surface area contributed by atoms with Crippen molar-refractivity contribution >= 4 is 17.0 Å². The molecule has 1 aliphatic carbocycles. The van der Waals surface area contributed by atoms with Crippen molar-refractivity contribution in [2.45, 2.75) is 45.4 Å². The van der Waals surface area contributed by atoms with Crippen molar-refractivity contribution in [3.05, 3.63) is 112 Å². The molecule has 0 saturated heterocycles. The van der Waals surface area contributed by atoms with Gasteiger partial charge in [-0.15, -0.1) is 0 Å². The van der Waals surface area contributed by atoms with E-state index in [9.17, 15) is 14.3 Å². The summed E-state index contributed by atoms with van der Waals surface area (Å²) in [7, 11) is 1.67. The Labute approximate surface area is 251 Å². The number of carboxylic acids is 1. The highest BCUT2D eigenvalue weighted by atomic mass is 19.1. The van der Waals surface area contributed by atoms with Gasteiger partial charge in [-0.2, -0.15) is 0 Å². The number of aromatic carboxylic acids is 1. The van der Waals surface area contributed by atoms with Crippen molar-refractivity contribution in [3.8, 4) is 17.1 Å². The highest BCUT2D eigenvalue weighted by Crippen LogP contribution is 2.34. The molecule has 2 aromatic heterocycles. The fraction of sp³-hybridized carbons (Fsp3) is 0.265. The lowest BCUT2D eigenvalue weighted by Crippen LogP contribution is -2.33. The van der Waals surface area contributed by atoms with Crippen LogP contribution >= 0.6 is 0 Å². The highest BCUT2D eigenvalue weighted by Gasteiger charge is 2.30. The SMILES string of the molecule is CO[C@H]1C[C@@H](Cn2c(Cc3cc(F)c(-c4cccc(OCc5ccc(C)cc5F)n4)cc3F)nc3ccc(C(=O)O)cc32)C1. The molecule has 7 nitrogen and oxygen atoms in total. The van der Waals surface area contributed by atoms with Crippen LogP contribution in [0.3, 0.4) is 0 Å². The number of hydrogen-bond acceptors (Lipinski definition) is 5. The molecular weight excluding hydrogens is 571 g/mol. The first-order valence-corrected chi connectivity index (χ1v) is 14.3. The van der Waals surface area contributed by atoms with Crippen LogP contribution in [-0.2, 0) is 24.3 Å². The molecule has 1 N–H and O–H groups in total. The van der Waals surface area contributed by atoms with Gasteiger partial charge in [0.25, 0.3) is 0 Å². The number of hydrogen-bond donors (Lipinski definition) is 1. The number of aromatic nitrogens is 3. The summed E-state index contributed by atoms with van der Waals surface area (Å²) in [4.78, 5) is 20.6. The Morgan fingerprint density at radius 2 is 1.75 bits per heavy atom. The Morgan fingerprint density at radius 1 is 0.955 bits per heavy atom. The molecule has 1 saturated carbocycles. The Hall–Kier alpha value is -4.70. The molecule has 0 radical (unpaired) electrons. The van der Waals surface area contributed by atoms with Gasteiger partial charge >= 0.3 is 5.97 Å². The van der Waals surface area contributed by atoms with E-state index < -0.39 is 23.4 Å². The summed E-state index contributed by atoms with van der Waals surface area (Å²) < 4.78 is 58.2. The molecule has 3 aromatic carbocycles. The topological polar surface area (TPSA) is 86.5 Å². The van der Waals surface area contributed by atoms with Crippen molar-refractivity contribution < 1.29 is 32.5 Å². The Morgan fingerprint density at radius 3 is 2.50 bits per heavy atom. The second-order valence-electron chi connectivity index (χ2n) is 11.2. The van der Waals surface area contributed by atoms with Crippen LogP contribution in [0.25, 0.3) is 22.3 Å². The smallest absolute Gasteiger partial charge is 0.335 e. The lowest BCUT2D eigenvalue weighted by atomic mass is 9.82. The van der Waals surface area contributed by atoms with E-state index in [1.54, 1.807) is 56.5 Å². The number of methoxy groups -OCH3 is 1. The predicted molar refractivity (Wildman–Crippen MR) is 158 cm³/mol. The summed E-state index contributed by atoms with van der Waals surface area (Å²) in [6, 6.07) is 16.4. The van der Waals surface area contributed by atoms with Crippen LogP contribution in [0.5, 0.6) is 5.88 Å². The zero-order chi connectivity index (χ0) is 31.0. The van der Waals surface area contributed by atoms with E-state index in [0.717, 1.165) is 30.5 Å². The number of ether oxygens (including phenoxy) is 2. The zero-order valence-electron chi connectivity index (χ0n) is 24.2. The second-order valence-corrected chi connectivity index (χ2v) is 11.2. The van der Waals surface area contributed by atoms with Crippen LogP contribution in [0.2, 0.25) is 0 Å². The molecule has 2 heterocycles. The maximum atomic E-state index is 15.5. The first-order valence-electron chi connectivity index (χ1n) is 14.3. The van der Waals surface area contributed by atoms with Crippen LogP contribution in [0.1, 0.15) is 45.7 Å². The molecule has 0 bridgehead atoms. The van der Waals surface area contributed by atoms with Crippen molar-refractivity contribution in [2.75, 3.05) is 7.11 Å². The number of nitrogens with zero attached hydrogens (tertiary/aromatic N) is 3. The van der Waals surface area contributed by atoms with Crippen LogP contribution in [0.4, 0.5) is 13.2 Å². The van der Waals surface area contributed by atoms with Crippen molar-refractivity contribution in [1.82, 2.24) is 14.5 Å². The molecule has 0 amide bonds.